The number of aliphatic hydroxyl groups is 1. The van der Waals surface area contributed by atoms with Gasteiger partial charge in [-0.2, -0.15) is 0 Å². The van der Waals surface area contributed by atoms with Gasteiger partial charge in [0.15, 0.2) is 0 Å². The Labute approximate surface area is 122 Å². The third kappa shape index (κ3) is 2.34. The molecular weight excluding hydrogens is 266 g/mol. The maximum Gasteiger partial charge on any atom is 0.131 e. The molecule has 0 bridgehead atoms. The van der Waals surface area contributed by atoms with E-state index in [1.165, 1.54) is 0 Å². The Balaban J connectivity index is 2.20. The lowest BCUT2D eigenvalue weighted by Gasteiger charge is -2.13. The van der Waals surface area contributed by atoms with Gasteiger partial charge in [-0.3, -0.25) is 0 Å². The molecule has 0 aliphatic carbocycles. The first-order chi connectivity index (χ1) is 10.3. The van der Waals surface area contributed by atoms with Crippen molar-refractivity contribution in [3.63, 3.8) is 0 Å². The van der Waals surface area contributed by atoms with Crippen molar-refractivity contribution in [2.24, 2.45) is 0 Å². The Kier molecular flexibility index (Phi) is 3.54. The molecule has 0 unspecified atom stereocenters. The molecule has 4 nitrogen and oxygen atoms in total. The maximum atomic E-state index is 9.49. The van der Waals surface area contributed by atoms with Crippen molar-refractivity contribution >= 4 is 10.9 Å². The van der Waals surface area contributed by atoms with Gasteiger partial charge >= 0.3 is 0 Å². The Hall–Kier alpha value is -2.46. The van der Waals surface area contributed by atoms with Crippen molar-refractivity contribution in [2.45, 2.75) is 6.61 Å². The van der Waals surface area contributed by atoms with Gasteiger partial charge in [0, 0.05) is 28.1 Å². The van der Waals surface area contributed by atoms with E-state index in [4.69, 9.17) is 9.47 Å². The molecule has 1 aromatic heterocycles. The maximum absolute atomic E-state index is 9.49. The molecule has 0 fully saturated rings. The summed E-state index contributed by atoms with van der Waals surface area (Å²) in [6.07, 6.45) is 0. The highest BCUT2D eigenvalue weighted by Crippen LogP contribution is 2.36. The van der Waals surface area contributed by atoms with Gasteiger partial charge in [-0.15, -0.1) is 0 Å². The van der Waals surface area contributed by atoms with Gasteiger partial charge in [-0.25, -0.2) is 0 Å². The average Bonchev–Trinajstić information content (AvgIpc) is 2.97. The van der Waals surface area contributed by atoms with Crippen LogP contribution in [0.1, 0.15) is 5.56 Å². The number of rotatable bonds is 4. The smallest absolute Gasteiger partial charge is 0.131 e. The zero-order valence-electron chi connectivity index (χ0n) is 12.0. The SMILES string of the molecule is COc1cc(OC)c(-c2cc3ccccc3[nH]2)cc1CO. The standard InChI is InChI=1S/C17H17NO3/c1-20-16-9-17(21-2)13(7-12(16)10-19)15-8-11-5-3-4-6-14(11)18-15/h3-9,18-19H,10H2,1-2H3. The number of para-hydroxylation sites is 1. The van der Waals surface area contributed by atoms with Gasteiger partial charge in [0.2, 0.25) is 0 Å². The van der Waals surface area contributed by atoms with E-state index in [0.29, 0.717) is 11.5 Å². The highest BCUT2D eigenvalue weighted by atomic mass is 16.5. The Bertz CT molecular complexity index is 744. The number of benzene rings is 2. The van der Waals surface area contributed by atoms with Crippen LogP contribution >= 0.6 is 0 Å². The van der Waals surface area contributed by atoms with Crippen molar-refractivity contribution in [3.8, 4) is 22.8 Å². The number of ether oxygens (including phenoxy) is 2. The second-order valence-corrected chi connectivity index (χ2v) is 4.79. The minimum atomic E-state index is -0.0829. The molecule has 1 heterocycles. The molecule has 0 spiro atoms. The summed E-state index contributed by atoms with van der Waals surface area (Å²) in [5.41, 5.74) is 3.65. The van der Waals surface area contributed by atoms with Crippen LogP contribution in [0.3, 0.4) is 0 Å². The van der Waals surface area contributed by atoms with Gasteiger partial charge in [-0.05, 0) is 18.2 Å². The molecule has 0 aliphatic heterocycles. The lowest BCUT2D eigenvalue weighted by molar-refractivity contribution is 0.273. The van der Waals surface area contributed by atoms with E-state index >= 15 is 0 Å². The number of fused-ring (bicyclic) bond motifs is 1. The summed E-state index contributed by atoms with van der Waals surface area (Å²) in [4.78, 5) is 3.37. The molecule has 3 aromatic rings. The summed E-state index contributed by atoms with van der Waals surface area (Å²) in [5.74, 6) is 1.32. The van der Waals surface area contributed by atoms with Crippen LogP contribution in [-0.2, 0) is 6.61 Å². The van der Waals surface area contributed by atoms with E-state index < -0.39 is 0 Å². The second kappa shape index (κ2) is 5.50. The van der Waals surface area contributed by atoms with Crippen LogP contribution in [0.25, 0.3) is 22.2 Å². The number of aromatic nitrogens is 1. The van der Waals surface area contributed by atoms with Crippen LogP contribution < -0.4 is 9.47 Å². The molecular formula is C17H17NO3. The third-order valence-electron chi connectivity index (χ3n) is 3.59. The summed E-state index contributed by atoms with van der Waals surface area (Å²) in [6.45, 7) is -0.0829. The van der Waals surface area contributed by atoms with Gasteiger partial charge in [0.05, 0.1) is 26.5 Å². The molecule has 0 saturated carbocycles. The highest BCUT2D eigenvalue weighted by molar-refractivity contribution is 5.87. The third-order valence-corrected chi connectivity index (χ3v) is 3.59. The molecule has 2 N–H and O–H groups in total. The van der Waals surface area contributed by atoms with Gasteiger partial charge in [0.25, 0.3) is 0 Å². The van der Waals surface area contributed by atoms with Crippen molar-refractivity contribution in [1.82, 2.24) is 4.98 Å². The number of nitrogens with one attached hydrogen (secondary N) is 1. The molecule has 2 aromatic carbocycles. The fraction of sp³-hybridized carbons (Fsp3) is 0.176. The van der Waals surface area contributed by atoms with Crippen LogP contribution in [0.15, 0.2) is 42.5 Å². The van der Waals surface area contributed by atoms with Gasteiger partial charge in [0.1, 0.15) is 11.5 Å². The Morgan fingerprint density at radius 1 is 1.00 bits per heavy atom. The average molecular weight is 283 g/mol. The molecule has 0 saturated heterocycles. The molecule has 4 heteroatoms. The second-order valence-electron chi connectivity index (χ2n) is 4.79. The zero-order valence-corrected chi connectivity index (χ0v) is 12.0. The first kappa shape index (κ1) is 13.5. The van der Waals surface area contributed by atoms with E-state index in [0.717, 1.165) is 27.7 Å². The molecule has 0 atom stereocenters. The number of aliphatic hydroxyl groups excluding tert-OH is 1. The van der Waals surface area contributed by atoms with E-state index in [1.54, 1.807) is 20.3 Å². The summed E-state index contributed by atoms with van der Waals surface area (Å²) < 4.78 is 10.7. The quantitative estimate of drug-likeness (QED) is 0.772. The molecule has 0 amide bonds. The summed E-state index contributed by atoms with van der Waals surface area (Å²) >= 11 is 0. The Morgan fingerprint density at radius 2 is 1.76 bits per heavy atom. The van der Waals surface area contributed by atoms with E-state index in [-0.39, 0.29) is 6.61 Å². The summed E-state index contributed by atoms with van der Waals surface area (Å²) in [7, 11) is 3.20. The first-order valence-electron chi connectivity index (χ1n) is 6.70. The number of methoxy groups -OCH3 is 2. The number of hydrogen-bond donors (Lipinski definition) is 2. The van der Waals surface area contributed by atoms with E-state index in [9.17, 15) is 5.11 Å². The largest absolute Gasteiger partial charge is 0.496 e. The summed E-state index contributed by atoms with van der Waals surface area (Å²) in [6, 6.07) is 13.8. The fourth-order valence-corrected chi connectivity index (χ4v) is 2.52. The number of H-pyrrole nitrogens is 1. The Morgan fingerprint density at radius 3 is 2.43 bits per heavy atom. The monoisotopic (exact) mass is 283 g/mol. The van der Waals surface area contributed by atoms with Crippen molar-refractivity contribution < 1.29 is 14.6 Å². The fourth-order valence-electron chi connectivity index (χ4n) is 2.52. The molecule has 0 radical (unpaired) electrons. The predicted octanol–water partition coefficient (Wildman–Crippen LogP) is 3.34. The minimum Gasteiger partial charge on any atom is -0.496 e. The van der Waals surface area contributed by atoms with Crippen molar-refractivity contribution in [2.75, 3.05) is 14.2 Å². The number of aromatic amines is 1. The normalized spacial score (nSPS) is 10.8. The van der Waals surface area contributed by atoms with Crippen LogP contribution in [0.5, 0.6) is 11.5 Å². The van der Waals surface area contributed by atoms with Gasteiger partial charge in [-0.1, -0.05) is 18.2 Å². The van der Waals surface area contributed by atoms with E-state index in [1.807, 2.05) is 24.3 Å². The predicted molar refractivity (Wildman–Crippen MR) is 82.8 cm³/mol. The van der Waals surface area contributed by atoms with Gasteiger partial charge < -0.3 is 19.6 Å². The van der Waals surface area contributed by atoms with E-state index in [2.05, 4.69) is 17.1 Å². The molecule has 108 valence electrons. The summed E-state index contributed by atoms with van der Waals surface area (Å²) in [5, 5.41) is 10.6. The highest BCUT2D eigenvalue weighted by Gasteiger charge is 2.14. The van der Waals surface area contributed by atoms with Crippen molar-refractivity contribution in [1.29, 1.82) is 0 Å². The molecule has 0 aliphatic rings. The van der Waals surface area contributed by atoms with Crippen LogP contribution in [-0.4, -0.2) is 24.3 Å². The van der Waals surface area contributed by atoms with Crippen LogP contribution in [0.4, 0.5) is 0 Å². The van der Waals surface area contributed by atoms with Crippen molar-refractivity contribution in [3.05, 3.63) is 48.0 Å². The topological polar surface area (TPSA) is 54.5 Å². The molecule has 21 heavy (non-hydrogen) atoms. The van der Waals surface area contributed by atoms with Crippen LogP contribution in [0.2, 0.25) is 0 Å². The zero-order chi connectivity index (χ0) is 14.8. The number of hydrogen-bond acceptors (Lipinski definition) is 3. The lowest BCUT2D eigenvalue weighted by atomic mass is 10.1. The van der Waals surface area contributed by atoms with Crippen LogP contribution in [0, 0.1) is 0 Å². The lowest BCUT2D eigenvalue weighted by Crippen LogP contribution is -1.96. The minimum absolute atomic E-state index is 0.0829. The molecule has 3 rings (SSSR count). The first-order valence-corrected chi connectivity index (χ1v) is 6.70.